The van der Waals surface area contributed by atoms with Crippen LogP contribution in [0.4, 0.5) is 4.39 Å². The highest BCUT2D eigenvalue weighted by molar-refractivity contribution is 5.15. The van der Waals surface area contributed by atoms with Crippen LogP contribution < -0.4 is 5.32 Å². The Balaban J connectivity index is 2.67. The summed E-state index contributed by atoms with van der Waals surface area (Å²) in [4.78, 5) is 3.89. The summed E-state index contributed by atoms with van der Waals surface area (Å²) in [5.74, 6) is 0. The van der Waals surface area contributed by atoms with Gasteiger partial charge in [0.1, 0.15) is 6.67 Å². The average molecular weight is 182 g/mol. The van der Waals surface area contributed by atoms with Gasteiger partial charge in [-0.05, 0) is 17.7 Å². The molecule has 0 bridgehead atoms. The molecule has 1 heterocycles. The molecule has 0 amide bonds. The summed E-state index contributed by atoms with van der Waals surface area (Å²) < 4.78 is 12.6. The van der Waals surface area contributed by atoms with Gasteiger partial charge >= 0.3 is 0 Å². The fourth-order valence-corrected chi connectivity index (χ4v) is 1.23. The summed E-state index contributed by atoms with van der Waals surface area (Å²) >= 11 is 0. The van der Waals surface area contributed by atoms with E-state index in [0.717, 1.165) is 5.56 Å². The zero-order valence-corrected chi connectivity index (χ0v) is 8.00. The minimum Gasteiger partial charge on any atom is -0.306 e. The topological polar surface area (TPSA) is 24.9 Å². The van der Waals surface area contributed by atoms with Crippen molar-refractivity contribution in [3.8, 4) is 0 Å². The van der Waals surface area contributed by atoms with E-state index in [4.69, 9.17) is 0 Å². The molecule has 3 heteroatoms. The Bertz CT molecular complexity index is 236. The van der Waals surface area contributed by atoms with E-state index in [1.54, 1.807) is 12.4 Å². The van der Waals surface area contributed by atoms with Crippen molar-refractivity contribution in [2.45, 2.75) is 25.9 Å². The molecule has 0 spiro atoms. The number of hydrogen-bond acceptors (Lipinski definition) is 2. The van der Waals surface area contributed by atoms with Crippen LogP contribution in [0, 0.1) is 0 Å². The zero-order chi connectivity index (χ0) is 9.68. The normalized spacial score (nSPS) is 13.2. The third kappa shape index (κ3) is 3.11. The van der Waals surface area contributed by atoms with E-state index >= 15 is 0 Å². The fraction of sp³-hybridized carbons (Fsp3) is 0.500. The number of rotatable bonds is 4. The summed E-state index contributed by atoms with van der Waals surface area (Å²) in [7, 11) is 0. The Kier molecular flexibility index (Phi) is 3.83. The number of aromatic nitrogens is 1. The minimum absolute atomic E-state index is 0.206. The van der Waals surface area contributed by atoms with E-state index in [9.17, 15) is 4.39 Å². The lowest BCUT2D eigenvalue weighted by Gasteiger charge is -2.18. The summed E-state index contributed by atoms with van der Waals surface area (Å²) in [6.45, 7) is 3.62. The average Bonchev–Trinajstić information content (AvgIpc) is 2.15. The molecule has 0 aliphatic rings. The minimum atomic E-state index is -0.387. The van der Waals surface area contributed by atoms with E-state index in [1.165, 1.54) is 0 Å². The van der Waals surface area contributed by atoms with Gasteiger partial charge in [-0.15, -0.1) is 0 Å². The fourth-order valence-electron chi connectivity index (χ4n) is 1.23. The Labute approximate surface area is 78.2 Å². The van der Waals surface area contributed by atoms with Crippen molar-refractivity contribution in [2.24, 2.45) is 0 Å². The lowest BCUT2D eigenvalue weighted by molar-refractivity contribution is 0.361. The maximum Gasteiger partial charge on any atom is 0.109 e. The first kappa shape index (κ1) is 10.1. The van der Waals surface area contributed by atoms with Crippen molar-refractivity contribution < 1.29 is 4.39 Å². The highest BCUT2D eigenvalue weighted by atomic mass is 19.1. The van der Waals surface area contributed by atoms with Crippen LogP contribution >= 0.6 is 0 Å². The summed E-state index contributed by atoms with van der Waals surface area (Å²) in [5, 5.41) is 3.14. The third-order valence-corrected chi connectivity index (χ3v) is 1.80. The maximum atomic E-state index is 12.6. The van der Waals surface area contributed by atoms with Crippen molar-refractivity contribution in [2.75, 3.05) is 6.67 Å². The van der Waals surface area contributed by atoms with Crippen LogP contribution in [-0.2, 0) is 0 Å². The molecule has 72 valence electrons. The van der Waals surface area contributed by atoms with E-state index in [0.29, 0.717) is 0 Å². The van der Waals surface area contributed by atoms with E-state index < -0.39 is 0 Å². The molecule has 0 saturated heterocycles. The smallest absolute Gasteiger partial charge is 0.109 e. The molecule has 1 unspecified atom stereocenters. The van der Waals surface area contributed by atoms with Gasteiger partial charge in [0.2, 0.25) is 0 Å². The van der Waals surface area contributed by atoms with Crippen molar-refractivity contribution in [3.63, 3.8) is 0 Å². The highest BCUT2D eigenvalue weighted by Gasteiger charge is 2.10. The SMILES string of the molecule is CC(C)NC(CF)c1ccncc1. The van der Waals surface area contributed by atoms with Crippen LogP contribution in [0.2, 0.25) is 0 Å². The lowest BCUT2D eigenvalue weighted by Crippen LogP contribution is -2.29. The third-order valence-electron chi connectivity index (χ3n) is 1.80. The maximum absolute atomic E-state index is 12.6. The molecule has 0 aliphatic heterocycles. The Morgan fingerprint density at radius 2 is 2.00 bits per heavy atom. The Morgan fingerprint density at radius 3 is 2.46 bits per heavy atom. The van der Waals surface area contributed by atoms with Gasteiger partial charge in [0.05, 0.1) is 6.04 Å². The number of nitrogens with zero attached hydrogens (tertiary/aromatic N) is 1. The van der Waals surface area contributed by atoms with E-state index in [2.05, 4.69) is 10.3 Å². The molecule has 1 atom stereocenters. The molecule has 0 radical (unpaired) electrons. The monoisotopic (exact) mass is 182 g/mol. The lowest BCUT2D eigenvalue weighted by atomic mass is 10.1. The Morgan fingerprint density at radius 1 is 1.38 bits per heavy atom. The predicted molar refractivity (Wildman–Crippen MR) is 51.2 cm³/mol. The number of nitrogens with one attached hydrogen (secondary N) is 1. The van der Waals surface area contributed by atoms with Gasteiger partial charge in [0.15, 0.2) is 0 Å². The van der Waals surface area contributed by atoms with Crippen molar-refractivity contribution >= 4 is 0 Å². The molecule has 0 aliphatic carbocycles. The molecule has 0 saturated carbocycles. The highest BCUT2D eigenvalue weighted by Crippen LogP contribution is 2.12. The van der Waals surface area contributed by atoms with Crippen LogP contribution in [0.25, 0.3) is 0 Å². The summed E-state index contributed by atoms with van der Waals surface area (Å²) in [6, 6.07) is 3.75. The molecule has 13 heavy (non-hydrogen) atoms. The number of pyridine rings is 1. The summed E-state index contributed by atoms with van der Waals surface area (Å²) in [6.07, 6.45) is 3.36. The van der Waals surface area contributed by atoms with E-state index in [1.807, 2.05) is 26.0 Å². The molecule has 0 aromatic carbocycles. The van der Waals surface area contributed by atoms with Gasteiger partial charge in [-0.25, -0.2) is 4.39 Å². The van der Waals surface area contributed by atoms with Crippen LogP contribution in [0.1, 0.15) is 25.5 Å². The first-order valence-corrected chi connectivity index (χ1v) is 4.46. The number of halogens is 1. The van der Waals surface area contributed by atoms with E-state index in [-0.39, 0.29) is 18.8 Å². The quantitative estimate of drug-likeness (QED) is 0.771. The van der Waals surface area contributed by atoms with Gasteiger partial charge in [-0.2, -0.15) is 0 Å². The zero-order valence-electron chi connectivity index (χ0n) is 8.00. The standard InChI is InChI=1S/C10H15FN2/c1-8(2)13-10(7-11)9-3-5-12-6-4-9/h3-6,8,10,13H,7H2,1-2H3. The Hall–Kier alpha value is -0.960. The van der Waals surface area contributed by atoms with Crippen LogP contribution in [-0.4, -0.2) is 17.7 Å². The number of alkyl halides is 1. The van der Waals surface area contributed by atoms with Crippen LogP contribution in [0.15, 0.2) is 24.5 Å². The number of hydrogen-bond donors (Lipinski definition) is 1. The molecular weight excluding hydrogens is 167 g/mol. The second kappa shape index (κ2) is 4.92. The molecule has 0 fully saturated rings. The van der Waals surface area contributed by atoms with Crippen molar-refractivity contribution in [1.82, 2.24) is 10.3 Å². The molecule has 1 N–H and O–H groups in total. The van der Waals surface area contributed by atoms with Crippen molar-refractivity contribution in [3.05, 3.63) is 30.1 Å². The van der Waals surface area contributed by atoms with Crippen LogP contribution in [0.5, 0.6) is 0 Å². The first-order chi connectivity index (χ1) is 6.24. The molecule has 1 aromatic rings. The second-order valence-corrected chi connectivity index (χ2v) is 3.31. The molecule has 2 nitrogen and oxygen atoms in total. The molecular formula is C10H15FN2. The molecule has 1 aromatic heterocycles. The van der Waals surface area contributed by atoms with Gasteiger partial charge < -0.3 is 5.32 Å². The molecule has 1 rings (SSSR count). The predicted octanol–water partition coefficient (Wildman–Crippen LogP) is 2.09. The van der Waals surface area contributed by atoms with Gasteiger partial charge in [-0.1, -0.05) is 13.8 Å². The second-order valence-electron chi connectivity index (χ2n) is 3.31. The van der Waals surface area contributed by atoms with Crippen LogP contribution in [0.3, 0.4) is 0 Å². The van der Waals surface area contributed by atoms with Gasteiger partial charge in [0, 0.05) is 18.4 Å². The first-order valence-electron chi connectivity index (χ1n) is 4.46. The largest absolute Gasteiger partial charge is 0.306 e. The summed E-state index contributed by atoms with van der Waals surface area (Å²) in [5.41, 5.74) is 0.950. The van der Waals surface area contributed by atoms with Gasteiger partial charge in [0.25, 0.3) is 0 Å². The van der Waals surface area contributed by atoms with Crippen molar-refractivity contribution in [1.29, 1.82) is 0 Å². The van der Waals surface area contributed by atoms with Gasteiger partial charge in [-0.3, -0.25) is 4.98 Å².